The Kier molecular flexibility index (Phi) is 5.20. The van der Waals surface area contributed by atoms with E-state index in [1.165, 1.54) is 0 Å². The zero-order chi connectivity index (χ0) is 12.9. The summed E-state index contributed by atoms with van der Waals surface area (Å²) >= 11 is 0. The van der Waals surface area contributed by atoms with E-state index in [-0.39, 0.29) is 13.0 Å². The molecule has 0 atom stereocenters. The number of halogens is 3. The summed E-state index contributed by atoms with van der Waals surface area (Å²) in [5.41, 5.74) is 0. The molecule has 0 heterocycles. The smallest absolute Gasteiger partial charge is 0.411 e. The van der Waals surface area contributed by atoms with E-state index in [1.54, 1.807) is 0 Å². The fraction of sp³-hybridized carbons (Fsp3) is 0.900. The lowest BCUT2D eigenvalue weighted by atomic mass is 10.3. The molecule has 1 N–H and O–H groups in total. The molecule has 1 aliphatic carbocycles. The van der Waals surface area contributed by atoms with Crippen LogP contribution in [0.1, 0.15) is 19.3 Å². The zero-order valence-corrected chi connectivity index (χ0v) is 9.37. The number of ether oxygens (including phenoxy) is 1. The second-order valence-corrected chi connectivity index (χ2v) is 4.08. The number of carboxylic acid groups (broad SMARTS) is 1. The van der Waals surface area contributed by atoms with E-state index in [0.717, 1.165) is 12.8 Å². The molecule has 4 nitrogen and oxygen atoms in total. The minimum Gasteiger partial charge on any atom is -0.481 e. The first-order valence-electron chi connectivity index (χ1n) is 5.49. The highest BCUT2D eigenvalue weighted by molar-refractivity contribution is 5.66. The van der Waals surface area contributed by atoms with Gasteiger partial charge >= 0.3 is 12.1 Å². The van der Waals surface area contributed by atoms with E-state index >= 15 is 0 Å². The van der Waals surface area contributed by atoms with Crippen molar-refractivity contribution >= 4 is 5.97 Å². The molecule has 0 amide bonds. The Hall–Kier alpha value is -0.820. The highest BCUT2D eigenvalue weighted by Gasteiger charge is 2.30. The normalized spacial score (nSPS) is 16.5. The SMILES string of the molecule is O=C(O)CCN(CCOCC(F)(F)F)C1CC1. The summed E-state index contributed by atoms with van der Waals surface area (Å²) in [5.74, 6) is -0.896. The minimum absolute atomic E-state index is 0.00969. The first-order valence-corrected chi connectivity index (χ1v) is 5.49. The Morgan fingerprint density at radius 2 is 2.00 bits per heavy atom. The van der Waals surface area contributed by atoms with Gasteiger partial charge in [0.2, 0.25) is 0 Å². The summed E-state index contributed by atoms with van der Waals surface area (Å²) < 4.78 is 39.9. The zero-order valence-electron chi connectivity index (χ0n) is 9.37. The minimum atomic E-state index is -4.30. The van der Waals surface area contributed by atoms with Gasteiger partial charge in [0.25, 0.3) is 0 Å². The number of nitrogens with zero attached hydrogens (tertiary/aromatic N) is 1. The lowest BCUT2D eigenvalue weighted by Gasteiger charge is -2.21. The molecular weight excluding hydrogens is 239 g/mol. The highest BCUT2D eigenvalue weighted by atomic mass is 19.4. The predicted octanol–water partition coefficient (Wildman–Crippen LogP) is 1.50. The van der Waals surface area contributed by atoms with Crippen molar-refractivity contribution in [3.8, 4) is 0 Å². The largest absolute Gasteiger partial charge is 0.481 e. The molecule has 0 aliphatic heterocycles. The van der Waals surface area contributed by atoms with E-state index in [2.05, 4.69) is 4.74 Å². The van der Waals surface area contributed by atoms with Crippen LogP contribution in [0.15, 0.2) is 0 Å². The van der Waals surface area contributed by atoms with Crippen molar-refractivity contribution in [3.05, 3.63) is 0 Å². The number of hydrogen-bond donors (Lipinski definition) is 1. The van der Waals surface area contributed by atoms with Gasteiger partial charge in [-0.2, -0.15) is 13.2 Å². The Morgan fingerprint density at radius 1 is 1.35 bits per heavy atom. The van der Waals surface area contributed by atoms with Crippen LogP contribution in [0.25, 0.3) is 0 Å². The molecule has 0 unspecified atom stereocenters. The molecule has 0 bridgehead atoms. The Balaban J connectivity index is 2.14. The molecule has 0 radical (unpaired) electrons. The van der Waals surface area contributed by atoms with Gasteiger partial charge in [-0.15, -0.1) is 0 Å². The average Bonchev–Trinajstić information content (AvgIpc) is 2.98. The molecule has 7 heteroatoms. The highest BCUT2D eigenvalue weighted by Crippen LogP contribution is 2.26. The van der Waals surface area contributed by atoms with E-state index in [4.69, 9.17) is 5.11 Å². The van der Waals surface area contributed by atoms with Gasteiger partial charge in [0.1, 0.15) is 6.61 Å². The van der Waals surface area contributed by atoms with Gasteiger partial charge in [0.15, 0.2) is 0 Å². The van der Waals surface area contributed by atoms with Crippen molar-refractivity contribution in [3.63, 3.8) is 0 Å². The predicted molar refractivity (Wildman–Crippen MR) is 53.7 cm³/mol. The van der Waals surface area contributed by atoms with Crippen LogP contribution in [-0.4, -0.2) is 54.5 Å². The molecule has 100 valence electrons. The maximum atomic E-state index is 11.8. The van der Waals surface area contributed by atoms with Crippen LogP contribution in [-0.2, 0) is 9.53 Å². The molecule has 0 aromatic rings. The summed E-state index contributed by atoms with van der Waals surface area (Å²) in [5, 5.41) is 8.54. The van der Waals surface area contributed by atoms with Crippen LogP contribution < -0.4 is 0 Å². The first-order chi connectivity index (χ1) is 7.88. The Morgan fingerprint density at radius 3 is 2.47 bits per heavy atom. The summed E-state index contributed by atoms with van der Waals surface area (Å²) in [6.07, 6.45) is -2.32. The van der Waals surface area contributed by atoms with Gasteiger partial charge in [-0.05, 0) is 12.8 Å². The third kappa shape index (κ3) is 7.17. The lowest BCUT2D eigenvalue weighted by Crippen LogP contribution is -2.32. The second kappa shape index (κ2) is 6.20. The number of rotatable bonds is 8. The molecule has 0 aromatic carbocycles. The van der Waals surface area contributed by atoms with Crippen LogP contribution in [0, 0.1) is 0 Å². The summed E-state index contributed by atoms with van der Waals surface area (Å²) in [4.78, 5) is 12.3. The fourth-order valence-corrected chi connectivity index (χ4v) is 1.53. The Bertz CT molecular complexity index is 254. The number of alkyl halides is 3. The fourth-order valence-electron chi connectivity index (χ4n) is 1.53. The maximum Gasteiger partial charge on any atom is 0.411 e. The lowest BCUT2D eigenvalue weighted by molar-refractivity contribution is -0.174. The summed E-state index contributed by atoms with van der Waals surface area (Å²) in [7, 11) is 0. The van der Waals surface area contributed by atoms with Gasteiger partial charge in [0, 0.05) is 19.1 Å². The van der Waals surface area contributed by atoms with E-state index in [1.807, 2.05) is 4.90 Å². The molecule has 1 fully saturated rings. The van der Waals surface area contributed by atoms with Crippen molar-refractivity contribution in [2.45, 2.75) is 31.5 Å². The van der Waals surface area contributed by atoms with Gasteiger partial charge in [-0.25, -0.2) is 0 Å². The van der Waals surface area contributed by atoms with E-state index in [0.29, 0.717) is 19.1 Å². The quantitative estimate of drug-likeness (QED) is 0.668. The molecule has 1 saturated carbocycles. The topological polar surface area (TPSA) is 49.8 Å². The molecule has 0 aromatic heterocycles. The summed E-state index contributed by atoms with van der Waals surface area (Å²) in [6, 6.07) is 0.323. The molecule has 0 spiro atoms. The van der Waals surface area contributed by atoms with Crippen LogP contribution >= 0.6 is 0 Å². The maximum absolute atomic E-state index is 11.8. The van der Waals surface area contributed by atoms with Gasteiger partial charge in [0.05, 0.1) is 13.0 Å². The molecular formula is C10H16F3NO3. The second-order valence-electron chi connectivity index (χ2n) is 4.08. The number of carbonyl (C=O) groups is 1. The van der Waals surface area contributed by atoms with Gasteiger partial charge < -0.3 is 9.84 Å². The third-order valence-electron chi connectivity index (χ3n) is 2.46. The van der Waals surface area contributed by atoms with Crippen molar-refractivity contribution in [2.24, 2.45) is 0 Å². The van der Waals surface area contributed by atoms with Crippen molar-refractivity contribution in [1.82, 2.24) is 4.90 Å². The van der Waals surface area contributed by atoms with Crippen LogP contribution in [0.3, 0.4) is 0 Å². The van der Waals surface area contributed by atoms with Crippen LogP contribution in [0.2, 0.25) is 0 Å². The standard InChI is InChI=1S/C10H16F3NO3/c11-10(12,13)7-17-6-5-14(8-1-2-8)4-3-9(15)16/h8H,1-7H2,(H,15,16). The van der Waals surface area contributed by atoms with Crippen LogP contribution in [0.4, 0.5) is 13.2 Å². The van der Waals surface area contributed by atoms with E-state index < -0.39 is 18.8 Å². The molecule has 0 saturated heterocycles. The molecule has 1 rings (SSSR count). The van der Waals surface area contributed by atoms with Gasteiger partial charge in [-0.3, -0.25) is 9.69 Å². The first kappa shape index (κ1) is 14.2. The van der Waals surface area contributed by atoms with Crippen molar-refractivity contribution in [1.29, 1.82) is 0 Å². The van der Waals surface area contributed by atoms with E-state index in [9.17, 15) is 18.0 Å². The molecule has 17 heavy (non-hydrogen) atoms. The molecule has 1 aliphatic rings. The van der Waals surface area contributed by atoms with Gasteiger partial charge in [-0.1, -0.05) is 0 Å². The third-order valence-corrected chi connectivity index (χ3v) is 2.46. The Labute approximate surface area is 97.3 Å². The number of carboxylic acids is 1. The number of hydrogen-bond acceptors (Lipinski definition) is 3. The average molecular weight is 255 g/mol. The summed E-state index contributed by atoms with van der Waals surface area (Å²) in [6.45, 7) is -0.538. The van der Waals surface area contributed by atoms with Crippen molar-refractivity contribution < 1.29 is 27.8 Å². The van der Waals surface area contributed by atoms with Crippen molar-refractivity contribution in [2.75, 3.05) is 26.3 Å². The monoisotopic (exact) mass is 255 g/mol. The number of aliphatic carboxylic acids is 1. The van der Waals surface area contributed by atoms with Crippen LogP contribution in [0.5, 0.6) is 0 Å².